The molecule has 0 saturated heterocycles. The average molecular weight is 315 g/mol. The van der Waals surface area contributed by atoms with E-state index >= 15 is 0 Å². The van der Waals surface area contributed by atoms with Gasteiger partial charge in [0, 0.05) is 18.7 Å². The molecule has 0 amide bonds. The number of ether oxygens (including phenoxy) is 1. The zero-order chi connectivity index (χ0) is 13.3. The summed E-state index contributed by atoms with van der Waals surface area (Å²) in [5.41, 5.74) is 0.511. The molecule has 2 rings (SSSR count). The summed E-state index contributed by atoms with van der Waals surface area (Å²) < 4.78 is 20.7. The minimum atomic E-state index is -1.13. The third-order valence-corrected chi connectivity index (χ3v) is 3.23. The topological polar surface area (TPSA) is 47.3 Å². The van der Waals surface area contributed by atoms with Crippen molar-refractivity contribution in [3.05, 3.63) is 45.8 Å². The molecule has 1 aromatic carbocycles. The highest BCUT2D eigenvalue weighted by molar-refractivity contribution is 9.10. The summed E-state index contributed by atoms with van der Waals surface area (Å²) in [7, 11) is 3.19. The first kappa shape index (κ1) is 13.0. The van der Waals surface area contributed by atoms with Crippen LogP contribution in [0.15, 0.2) is 28.7 Å². The monoisotopic (exact) mass is 314 g/mol. The number of nitrogens with zero attached hydrogens (tertiary/aromatic N) is 2. The molecule has 96 valence electrons. The fourth-order valence-corrected chi connectivity index (χ4v) is 2.07. The van der Waals surface area contributed by atoms with E-state index in [9.17, 15) is 9.50 Å². The molecule has 1 aromatic heterocycles. The van der Waals surface area contributed by atoms with Gasteiger partial charge in [0.15, 0.2) is 0 Å². The first-order valence-electron chi connectivity index (χ1n) is 5.24. The van der Waals surface area contributed by atoms with E-state index in [0.29, 0.717) is 16.0 Å². The Morgan fingerprint density at radius 2 is 2.22 bits per heavy atom. The Balaban J connectivity index is 2.41. The van der Waals surface area contributed by atoms with Gasteiger partial charge in [-0.1, -0.05) is 12.1 Å². The molecule has 0 aliphatic carbocycles. The summed E-state index contributed by atoms with van der Waals surface area (Å²) in [6.07, 6.45) is -1.13. The van der Waals surface area contributed by atoms with Crippen molar-refractivity contribution < 1.29 is 14.2 Å². The molecule has 2 aromatic rings. The quantitative estimate of drug-likeness (QED) is 0.946. The van der Waals surface area contributed by atoms with Gasteiger partial charge in [0.25, 0.3) is 0 Å². The Morgan fingerprint density at radius 3 is 2.83 bits per heavy atom. The highest BCUT2D eigenvalue weighted by Crippen LogP contribution is 2.29. The van der Waals surface area contributed by atoms with E-state index in [4.69, 9.17) is 4.74 Å². The molecular formula is C12H12BrFN2O2. The van der Waals surface area contributed by atoms with Gasteiger partial charge in [0.1, 0.15) is 11.9 Å². The lowest BCUT2D eigenvalue weighted by molar-refractivity contribution is 0.209. The van der Waals surface area contributed by atoms with Crippen molar-refractivity contribution in [2.45, 2.75) is 6.10 Å². The number of methoxy groups -OCH3 is 1. The summed E-state index contributed by atoms with van der Waals surface area (Å²) in [6.45, 7) is 0. The largest absolute Gasteiger partial charge is 0.481 e. The van der Waals surface area contributed by atoms with Crippen molar-refractivity contribution in [3.8, 4) is 5.88 Å². The molecule has 0 radical (unpaired) electrons. The molecule has 0 aliphatic heterocycles. The smallest absolute Gasteiger partial charge is 0.211 e. The summed E-state index contributed by atoms with van der Waals surface area (Å²) in [6, 6.07) is 6.33. The maximum absolute atomic E-state index is 13.9. The third-order valence-electron chi connectivity index (χ3n) is 2.62. The Labute approximate surface area is 112 Å². The van der Waals surface area contributed by atoms with E-state index in [-0.39, 0.29) is 5.56 Å². The van der Waals surface area contributed by atoms with Crippen LogP contribution in [0.1, 0.15) is 17.4 Å². The van der Waals surface area contributed by atoms with Gasteiger partial charge >= 0.3 is 0 Å². The number of aryl methyl sites for hydroxylation is 1. The second-order valence-electron chi connectivity index (χ2n) is 3.78. The molecule has 6 heteroatoms. The standard InChI is InChI=1S/C12H12BrFN2O2/c1-16-10(18-2)6-9(15-16)12(17)7-4-3-5-8(13)11(7)14/h3-6,12,17H,1-2H3. The molecule has 0 saturated carbocycles. The molecule has 0 aliphatic rings. The van der Waals surface area contributed by atoms with E-state index in [1.807, 2.05) is 0 Å². The van der Waals surface area contributed by atoms with Gasteiger partial charge in [0.05, 0.1) is 17.3 Å². The molecule has 0 fully saturated rings. The number of aliphatic hydroxyl groups is 1. The number of halogens is 2. The van der Waals surface area contributed by atoms with Crippen LogP contribution < -0.4 is 4.74 Å². The van der Waals surface area contributed by atoms with E-state index in [1.54, 1.807) is 25.2 Å². The van der Waals surface area contributed by atoms with Crippen LogP contribution in [-0.4, -0.2) is 22.0 Å². The Bertz CT molecular complexity index is 571. The molecule has 1 unspecified atom stereocenters. The maximum Gasteiger partial charge on any atom is 0.211 e. The van der Waals surface area contributed by atoms with Crippen molar-refractivity contribution in [3.63, 3.8) is 0 Å². The molecule has 1 atom stereocenters. The van der Waals surface area contributed by atoms with Gasteiger partial charge in [-0.25, -0.2) is 9.07 Å². The van der Waals surface area contributed by atoms with E-state index in [0.717, 1.165) is 0 Å². The van der Waals surface area contributed by atoms with Crippen LogP contribution in [0.4, 0.5) is 4.39 Å². The fraction of sp³-hybridized carbons (Fsp3) is 0.250. The van der Waals surface area contributed by atoms with Crippen LogP contribution in [0, 0.1) is 5.82 Å². The predicted molar refractivity (Wildman–Crippen MR) is 67.9 cm³/mol. The molecular weight excluding hydrogens is 303 g/mol. The molecule has 1 heterocycles. The zero-order valence-electron chi connectivity index (χ0n) is 9.89. The Kier molecular flexibility index (Phi) is 3.68. The van der Waals surface area contributed by atoms with Crippen LogP contribution in [0.25, 0.3) is 0 Å². The van der Waals surface area contributed by atoms with Gasteiger partial charge in [-0.15, -0.1) is 0 Å². The van der Waals surface area contributed by atoms with E-state index in [1.165, 1.54) is 17.9 Å². The van der Waals surface area contributed by atoms with Crippen LogP contribution in [0.5, 0.6) is 5.88 Å². The predicted octanol–water partition coefficient (Wildman–Crippen LogP) is 2.41. The zero-order valence-corrected chi connectivity index (χ0v) is 11.5. The number of hydrogen-bond acceptors (Lipinski definition) is 3. The third kappa shape index (κ3) is 2.26. The molecule has 4 nitrogen and oxygen atoms in total. The average Bonchev–Trinajstić information content (AvgIpc) is 2.73. The van der Waals surface area contributed by atoms with Crippen LogP contribution >= 0.6 is 15.9 Å². The summed E-state index contributed by atoms with van der Waals surface area (Å²) in [5, 5.41) is 14.2. The SMILES string of the molecule is COc1cc(C(O)c2cccc(Br)c2F)nn1C. The van der Waals surface area contributed by atoms with Crippen molar-refractivity contribution in [1.82, 2.24) is 9.78 Å². The molecule has 1 N–H and O–H groups in total. The van der Waals surface area contributed by atoms with E-state index in [2.05, 4.69) is 21.0 Å². The van der Waals surface area contributed by atoms with Crippen molar-refractivity contribution in [2.75, 3.05) is 7.11 Å². The molecule has 0 spiro atoms. The highest BCUT2D eigenvalue weighted by Gasteiger charge is 2.20. The summed E-state index contributed by atoms with van der Waals surface area (Å²) in [4.78, 5) is 0. The maximum atomic E-state index is 13.9. The highest BCUT2D eigenvalue weighted by atomic mass is 79.9. The van der Waals surface area contributed by atoms with Crippen molar-refractivity contribution >= 4 is 15.9 Å². The second-order valence-corrected chi connectivity index (χ2v) is 4.64. The number of rotatable bonds is 3. The number of benzene rings is 1. The lowest BCUT2D eigenvalue weighted by Crippen LogP contribution is -2.04. The minimum absolute atomic E-state index is 0.171. The summed E-state index contributed by atoms with van der Waals surface area (Å²) in [5.74, 6) is 0.00840. The first-order chi connectivity index (χ1) is 8.54. The van der Waals surface area contributed by atoms with Crippen molar-refractivity contribution in [2.24, 2.45) is 7.05 Å². The van der Waals surface area contributed by atoms with E-state index < -0.39 is 11.9 Å². The fourth-order valence-electron chi connectivity index (χ4n) is 1.69. The number of hydrogen-bond donors (Lipinski definition) is 1. The van der Waals surface area contributed by atoms with Gasteiger partial charge in [-0.3, -0.25) is 0 Å². The van der Waals surface area contributed by atoms with Gasteiger partial charge in [-0.2, -0.15) is 5.10 Å². The van der Waals surface area contributed by atoms with Crippen LogP contribution in [0.3, 0.4) is 0 Å². The number of aromatic nitrogens is 2. The molecule has 18 heavy (non-hydrogen) atoms. The van der Waals surface area contributed by atoms with Gasteiger partial charge in [0.2, 0.25) is 5.88 Å². The Hall–Kier alpha value is -1.40. The van der Waals surface area contributed by atoms with Crippen LogP contribution in [0.2, 0.25) is 0 Å². The summed E-state index contributed by atoms with van der Waals surface area (Å²) >= 11 is 3.08. The Morgan fingerprint density at radius 1 is 1.50 bits per heavy atom. The lowest BCUT2D eigenvalue weighted by atomic mass is 10.1. The second kappa shape index (κ2) is 5.07. The number of aliphatic hydroxyl groups excluding tert-OH is 1. The normalized spacial score (nSPS) is 12.5. The molecule has 0 bridgehead atoms. The van der Waals surface area contributed by atoms with Crippen LogP contribution in [-0.2, 0) is 7.05 Å². The minimum Gasteiger partial charge on any atom is -0.481 e. The van der Waals surface area contributed by atoms with Gasteiger partial charge in [-0.05, 0) is 22.0 Å². The lowest BCUT2D eigenvalue weighted by Gasteiger charge is -2.09. The van der Waals surface area contributed by atoms with Gasteiger partial charge < -0.3 is 9.84 Å². The first-order valence-corrected chi connectivity index (χ1v) is 6.03. The van der Waals surface area contributed by atoms with Crippen molar-refractivity contribution in [1.29, 1.82) is 0 Å².